The summed E-state index contributed by atoms with van der Waals surface area (Å²) in [5.74, 6) is 3.72. The summed E-state index contributed by atoms with van der Waals surface area (Å²) in [4.78, 5) is 0. The maximum Gasteiger partial charge on any atom is 0.0423 e. The van der Waals surface area contributed by atoms with Crippen molar-refractivity contribution in [2.24, 2.45) is 5.73 Å². The second-order valence-electron chi connectivity index (χ2n) is 3.42. The van der Waals surface area contributed by atoms with Crippen molar-refractivity contribution in [3.63, 3.8) is 0 Å². The van der Waals surface area contributed by atoms with Gasteiger partial charge in [-0.1, -0.05) is 30.3 Å². The zero-order valence-electron chi connectivity index (χ0n) is 8.06. The molecule has 2 N–H and O–H groups in total. The van der Waals surface area contributed by atoms with Gasteiger partial charge in [-0.2, -0.15) is 23.5 Å². The van der Waals surface area contributed by atoms with Crippen LogP contribution < -0.4 is 5.73 Å². The van der Waals surface area contributed by atoms with Crippen LogP contribution in [0.1, 0.15) is 11.6 Å². The fourth-order valence-electron chi connectivity index (χ4n) is 1.60. The van der Waals surface area contributed by atoms with Crippen molar-refractivity contribution >= 4 is 23.5 Å². The van der Waals surface area contributed by atoms with Crippen molar-refractivity contribution in [1.29, 1.82) is 0 Å². The Morgan fingerprint density at radius 3 is 2.64 bits per heavy atom. The normalized spacial score (nSPS) is 24.5. The summed E-state index contributed by atoms with van der Waals surface area (Å²) < 4.78 is 0. The minimum atomic E-state index is 0.203. The van der Waals surface area contributed by atoms with E-state index in [1.807, 2.05) is 29.6 Å². The van der Waals surface area contributed by atoms with Crippen LogP contribution >= 0.6 is 23.5 Å². The molecule has 1 fully saturated rings. The molecule has 2 unspecified atom stereocenters. The Hall–Kier alpha value is -0.120. The van der Waals surface area contributed by atoms with E-state index < -0.39 is 0 Å². The van der Waals surface area contributed by atoms with Gasteiger partial charge in [0.25, 0.3) is 0 Å². The zero-order valence-corrected chi connectivity index (χ0v) is 9.69. The second-order valence-corrected chi connectivity index (χ2v) is 5.92. The molecule has 0 spiro atoms. The molecular formula is C11H15NS2. The topological polar surface area (TPSA) is 26.0 Å². The van der Waals surface area contributed by atoms with Crippen LogP contribution in [0, 0.1) is 0 Å². The summed E-state index contributed by atoms with van der Waals surface area (Å²) in [6.07, 6.45) is 0. The lowest BCUT2D eigenvalue weighted by atomic mass is 10.1. The summed E-state index contributed by atoms with van der Waals surface area (Å²) in [5, 5.41) is 0.594. The van der Waals surface area contributed by atoms with E-state index in [0.717, 1.165) is 0 Å². The highest BCUT2D eigenvalue weighted by molar-refractivity contribution is 8.06. The zero-order chi connectivity index (χ0) is 9.80. The first kappa shape index (κ1) is 10.4. The predicted molar refractivity (Wildman–Crippen MR) is 66.9 cm³/mol. The minimum Gasteiger partial charge on any atom is -0.323 e. The third-order valence-electron chi connectivity index (χ3n) is 2.43. The highest BCUT2D eigenvalue weighted by atomic mass is 32.2. The van der Waals surface area contributed by atoms with E-state index in [9.17, 15) is 0 Å². The lowest BCUT2D eigenvalue weighted by Gasteiger charge is -2.26. The van der Waals surface area contributed by atoms with Crippen molar-refractivity contribution in [2.45, 2.75) is 11.3 Å². The van der Waals surface area contributed by atoms with Crippen LogP contribution in [0.25, 0.3) is 0 Å². The average Bonchev–Trinajstić information content (AvgIpc) is 2.30. The Morgan fingerprint density at radius 1 is 1.21 bits per heavy atom. The van der Waals surface area contributed by atoms with Gasteiger partial charge in [-0.15, -0.1) is 0 Å². The van der Waals surface area contributed by atoms with E-state index in [1.54, 1.807) is 0 Å². The second kappa shape index (κ2) is 5.10. The third-order valence-corrected chi connectivity index (χ3v) is 5.31. The molecule has 76 valence electrons. The number of benzene rings is 1. The molecule has 0 bridgehead atoms. The summed E-state index contributed by atoms with van der Waals surface area (Å²) >= 11 is 4.05. The highest BCUT2D eigenvalue weighted by Crippen LogP contribution is 2.31. The molecule has 1 aliphatic rings. The van der Waals surface area contributed by atoms with E-state index in [4.69, 9.17) is 5.73 Å². The fourth-order valence-corrected chi connectivity index (χ4v) is 4.41. The Labute approximate surface area is 93.8 Å². The van der Waals surface area contributed by atoms with E-state index in [-0.39, 0.29) is 6.04 Å². The maximum atomic E-state index is 6.24. The van der Waals surface area contributed by atoms with Crippen LogP contribution in [0.15, 0.2) is 30.3 Å². The van der Waals surface area contributed by atoms with Gasteiger partial charge in [-0.05, 0) is 5.56 Å². The lowest BCUT2D eigenvalue weighted by molar-refractivity contribution is 0.720. The molecule has 0 aromatic heterocycles. The molecule has 3 heteroatoms. The third kappa shape index (κ3) is 2.47. The van der Waals surface area contributed by atoms with E-state index in [2.05, 4.69) is 24.3 Å². The molecule has 0 amide bonds. The minimum absolute atomic E-state index is 0.203. The Bertz CT molecular complexity index is 270. The van der Waals surface area contributed by atoms with Crippen LogP contribution in [0.2, 0.25) is 0 Å². The monoisotopic (exact) mass is 225 g/mol. The van der Waals surface area contributed by atoms with Crippen molar-refractivity contribution in [3.05, 3.63) is 35.9 Å². The van der Waals surface area contributed by atoms with Gasteiger partial charge in [-0.3, -0.25) is 0 Å². The van der Waals surface area contributed by atoms with Crippen molar-refractivity contribution in [1.82, 2.24) is 0 Å². The summed E-state index contributed by atoms with van der Waals surface area (Å²) in [5.41, 5.74) is 7.51. The lowest BCUT2D eigenvalue weighted by Crippen LogP contribution is -2.28. The highest BCUT2D eigenvalue weighted by Gasteiger charge is 2.22. The number of hydrogen-bond donors (Lipinski definition) is 1. The maximum absolute atomic E-state index is 6.24. The van der Waals surface area contributed by atoms with Gasteiger partial charge < -0.3 is 5.73 Å². The largest absolute Gasteiger partial charge is 0.323 e. The van der Waals surface area contributed by atoms with Gasteiger partial charge >= 0.3 is 0 Å². The first-order valence-electron chi connectivity index (χ1n) is 4.88. The molecule has 1 aliphatic heterocycles. The van der Waals surface area contributed by atoms with Crippen molar-refractivity contribution in [3.8, 4) is 0 Å². The molecule has 0 aliphatic carbocycles. The molecule has 1 nitrogen and oxygen atoms in total. The van der Waals surface area contributed by atoms with Gasteiger partial charge in [0.2, 0.25) is 0 Å². The first-order valence-corrected chi connectivity index (χ1v) is 7.08. The first-order chi connectivity index (χ1) is 6.88. The van der Waals surface area contributed by atoms with Gasteiger partial charge in [-0.25, -0.2) is 0 Å². The van der Waals surface area contributed by atoms with E-state index in [0.29, 0.717) is 5.25 Å². The number of thioether (sulfide) groups is 2. The van der Waals surface area contributed by atoms with Crippen LogP contribution in [0.5, 0.6) is 0 Å². The standard InChI is InChI=1S/C11H15NS2/c12-11(9-4-2-1-3-5-9)10-8-13-6-7-14-10/h1-5,10-11H,6-8,12H2. The smallest absolute Gasteiger partial charge is 0.0423 e. The SMILES string of the molecule is NC(c1ccccc1)C1CSCCS1. The number of nitrogens with two attached hydrogens (primary N) is 1. The molecule has 14 heavy (non-hydrogen) atoms. The van der Waals surface area contributed by atoms with Crippen LogP contribution in [0.4, 0.5) is 0 Å². The Morgan fingerprint density at radius 2 is 2.00 bits per heavy atom. The molecule has 2 atom stereocenters. The Kier molecular flexibility index (Phi) is 3.79. The predicted octanol–water partition coefficient (Wildman–Crippen LogP) is 2.54. The quantitative estimate of drug-likeness (QED) is 0.837. The summed E-state index contributed by atoms with van der Waals surface area (Å²) in [7, 11) is 0. The van der Waals surface area contributed by atoms with Crippen LogP contribution in [0.3, 0.4) is 0 Å². The molecule has 0 saturated carbocycles. The summed E-state index contributed by atoms with van der Waals surface area (Å²) in [6, 6.07) is 10.6. The fraction of sp³-hybridized carbons (Fsp3) is 0.455. The van der Waals surface area contributed by atoms with Crippen molar-refractivity contribution < 1.29 is 0 Å². The molecule has 2 rings (SSSR count). The molecular weight excluding hydrogens is 210 g/mol. The van der Waals surface area contributed by atoms with Gasteiger partial charge in [0.1, 0.15) is 0 Å². The molecule has 1 heterocycles. The van der Waals surface area contributed by atoms with E-state index >= 15 is 0 Å². The molecule has 1 saturated heterocycles. The average molecular weight is 225 g/mol. The van der Waals surface area contributed by atoms with Crippen LogP contribution in [-0.2, 0) is 0 Å². The van der Waals surface area contributed by atoms with Crippen LogP contribution in [-0.4, -0.2) is 22.5 Å². The van der Waals surface area contributed by atoms with E-state index in [1.165, 1.54) is 22.8 Å². The Balaban J connectivity index is 2.03. The number of hydrogen-bond acceptors (Lipinski definition) is 3. The van der Waals surface area contributed by atoms with Gasteiger partial charge in [0.05, 0.1) is 0 Å². The number of rotatable bonds is 2. The molecule has 0 radical (unpaired) electrons. The molecule has 1 aromatic rings. The molecule has 1 aromatic carbocycles. The van der Waals surface area contributed by atoms with Crippen molar-refractivity contribution in [2.75, 3.05) is 17.3 Å². The van der Waals surface area contributed by atoms with Gasteiger partial charge in [0.15, 0.2) is 0 Å². The van der Waals surface area contributed by atoms with Gasteiger partial charge in [0, 0.05) is 28.6 Å². The summed E-state index contributed by atoms with van der Waals surface area (Å²) in [6.45, 7) is 0.